The molecule has 0 aromatic heterocycles. The number of non-ortho nitro benzene ring substituents is 1. The molecule has 0 bridgehead atoms. The summed E-state index contributed by atoms with van der Waals surface area (Å²) in [6.07, 6.45) is 0. The van der Waals surface area contributed by atoms with Gasteiger partial charge in [-0.05, 0) is 24.3 Å². The molecule has 0 saturated heterocycles. The zero-order valence-electron chi connectivity index (χ0n) is 13.3. The predicted octanol–water partition coefficient (Wildman–Crippen LogP) is 2.35. The standard InChI is InChI=1S/C16H14FN3O5/c1-18-15(21)12-8-10(25-2)4-6-14(12)19-16(22)11-5-3-9(20(23)24)7-13(11)17/h3-8H,1-2H3,(H,18,21)(H,19,22). The minimum absolute atomic E-state index is 0.123. The largest absolute Gasteiger partial charge is 0.497 e. The molecule has 0 atom stereocenters. The lowest BCUT2D eigenvalue weighted by atomic mass is 10.1. The lowest BCUT2D eigenvalue weighted by molar-refractivity contribution is -0.385. The Kier molecular flexibility index (Phi) is 5.28. The highest BCUT2D eigenvalue weighted by molar-refractivity contribution is 6.09. The molecule has 2 aromatic rings. The number of carbonyl (C=O) groups excluding carboxylic acids is 2. The zero-order chi connectivity index (χ0) is 18.6. The van der Waals surface area contributed by atoms with Crippen molar-refractivity contribution in [2.24, 2.45) is 0 Å². The summed E-state index contributed by atoms with van der Waals surface area (Å²) in [5.74, 6) is -1.96. The van der Waals surface area contributed by atoms with E-state index in [-0.39, 0.29) is 16.8 Å². The molecular weight excluding hydrogens is 333 g/mol. The molecule has 0 aliphatic carbocycles. The Bertz CT molecular complexity index is 854. The van der Waals surface area contributed by atoms with E-state index in [0.717, 1.165) is 12.1 Å². The molecule has 2 aromatic carbocycles. The van der Waals surface area contributed by atoms with E-state index < -0.39 is 28.2 Å². The number of nitrogens with zero attached hydrogens (tertiary/aromatic N) is 1. The van der Waals surface area contributed by atoms with Crippen LogP contribution in [0.3, 0.4) is 0 Å². The molecule has 0 saturated carbocycles. The van der Waals surface area contributed by atoms with Gasteiger partial charge in [0.05, 0.1) is 34.9 Å². The van der Waals surface area contributed by atoms with Gasteiger partial charge in [0.15, 0.2) is 0 Å². The summed E-state index contributed by atoms with van der Waals surface area (Å²) in [5.41, 5.74) is -0.589. The summed E-state index contributed by atoms with van der Waals surface area (Å²) in [7, 11) is 2.84. The Labute approximate surface area is 141 Å². The fraction of sp³-hybridized carbons (Fsp3) is 0.125. The predicted molar refractivity (Wildman–Crippen MR) is 87.4 cm³/mol. The first-order valence-corrected chi connectivity index (χ1v) is 7.02. The zero-order valence-corrected chi connectivity index (χ0v) is 13.3. The molecule has 2 rings (SSSR count). The Morgan fingerprint density at radius 3 is 2.40 bits per heavy atom. The smallest absolute Gasteiger partial charge is 0.272 e. The van der Waals surface area contributed by atoms with Gasteiger partial charge in [0.2, 0.25) is 0 Å². The van der Waals surface area contributed by atoms with E-state index in [1.807, 2.05) is 0 Å². The summed E-state index contributed by atoms with van der Waals surface area (Å²) in [6, 6.07) is 7.06. The lowest BCUT2D eigenvalue weighted by Gasteiger charge is -2.12. The summed E-state index contributed by atoms with van der Waals surface area (Å²) >= 11 is 0. The molecule has 0 aliphatic rings. The molecule has 0 spiro atoms. The van der Waals surface area contributed by atoms with Crippen LogP contribution in [0.15, 0.2) is 36.4 Å². The van der Waals surface area contributed by atoms with Crippen LogP contribution in [-0.2, 0) is 0 Å². The van der Waals surface area contributed by atoms with E-state index in [2.05, 4.69) is 10.6 Å². The monoisotopic (exact) mass is 347 g/mol. The van der Waals surface area contributed by atoms with E-state index in [1.165, 1.54) is 32.4 Å². The number of nitro benzene ring substituents is 1. The Morgan fingerprint density at radius 1 is 1.12 bits per heavy atom. The highest BCUT2D eigenvalue weighted by Crippen LogP contribution is 2.24. The van der Waals surface area contributed by atoms with Gasteiger partial charge in [-0.2, -0.15) is 0 Å². The maximum absolute atomic E-state index is 13.9. The highest BCUT2D eigenvalue weighted by Gasteiger charge is 2.19. The number of halogens is 1. The number of carbonyl (C=O) groups is 2. The highest BCUT2D eigenvalue weighted by atomic mass is 19.1. The van der Waals surface area contributed by atoms with Crippen molar-refractivity contribution in [3.05, 3.63) is 63.5 Å². The summed E-state index contributed by atoms with van der Waals surface area (Å²) in [5, 5.41) is 15.5. The number of nitro groups is 1. The van der Waals surface area contributed by atoms with Crippen molar-refractivity contribution < 1.29 is 23.6 Å². The molecule has 0 aliphatic heterocycles. The van der Waals surface area contributed by atoms with Crippen molar-refractivity contribution >= 4 is 23.2 Å². The van der Waals surface area contributed by atoms with Gasteiger partial charge in [-0.3, -0.25) is 19.7 Å². The number of ether oxygens (including phenoxy) is 1. The minimum Gasteiger partial charge on any atom is -0.497 e. The Balaban J connectivity index is 2.35. The van der Waals surface area contributed by atoms with Crippen molar-refractivity contribution in [3.8, 4) is 5.75 Å². The first-order chi connectivity index (χ1) is 11.9. The summed E-state index contributed by atoms with van der Waals surface area (Å²) in [4.78, 5) is 34.0. The molecule has 130 valence electrons. The number of amides is 2. The number of rotatable bonds is 5. The van der Waals surface area contributed by atoms with Crippen LogP contribution in [0, 0.1) is 15.9 Å². The average Bonchev–Trinajstić information content (AvgIpc) is 2.60. The summed E-state index contributed by atoms with van der Waals surface area (Å²) in [6.45, 7) is 0. The Morgan fingerprint density at radius 2 is 1.84 bits per heavy atom. The quantitative estimate of drug-likeness (QED) is 0.637. The Hall–Kier alpha value is -3.49. The third-order valence-corrected chi connectivity index (χ3v) is 3.35. The third-order valence-electron chi connectivity index (χ3n) is 3.35. The maximum Gasteiger partial charge on any atom is 0.272 e. The van der Waals surface area contributed by atoms with Gasteiger partial charge in [0, 0.05) is 13.1 Å². The number of anilines is 1. The fourth-order valence-electron chi connectivity index (χ4n) is 2.07. The van der Waals surface area contributed by atoms with Gasteiger partial charge < -0.3 is 15.4 Å². The fourth-order valence-corrected chi connectivity index (χ4v) is 2.07. The molecule has 8 nitrogen and oxygen atoms in total. The van der Waals surface area contributed by atoms with Crippen LogP contribution in [0.5, 0.6) is 5.75 Å². The van der Waals surface area contributed by atoms with Crippen molar-refractivity contribution in [1.82, 2.24) is 5.32 Å². The van der Waals surface area contributed by atoms with Crippen molar-refractivity contribution in [2.75, 3.05) is 19.5 Å². The van der Waals surface area contributed by atoms with Crippen LogP contribution in [0.1, 0.15) is 20.7 Å². The van der Waals surface area contributed by atoms with Crippen LogP contribution in [0.4, 0.5) is 15.8 Å². The molecule has 25 heavy (non-hydrogen) atoms. The first-order valence-electron chi connectivity index (χ1n) is 7.02. The van der Waals surface area contributed by atoms with Crippen LogP contribution in [0.25, 0.3) is 0 Å². The van der Waals surface area contributed by atoms with Gasteiger partial charge in [0.1, 0.15) is 11.6 Å². The normalized spacial score (nSPS) is 10.0. The lowest BCUT2D eigenvalue weighted by Crippen LogP contribution is -2.22. The molecule has 2 N–H and O–H groups in total. The second-order valence-corrected chi connectivity index (χ2v) is 4.87. The second-order valence-electron chi connectivity index (χ2n) is 4.87. The van der Waals surface area contributed by atoms with E-state index in [9.17, 15) is 24.1 Å². The third kappa shape index (κ3) is 3.89. The van der Waals surface area contributed by atoms with Crippen molar-refractivity contribution in [1.29, 1.82) is 0 Å². The SMILES string of the molecule is CNC(=O)c1cc(OC)ccc1NC(=O)c1ccc([N+](=O)[O-])cc1F. The van der Waals surface area contributed by atoms with Crippen LogP contribution in [-0.4, -0.2) is 30.9 Å². The second kappa shape index (κ2) is 7.39. The number of nitrogens with one attached hydrogen (secondary N) is 2. The van der Waals surface area contributed by atoms with Gasteiger partial charge in [-0.1, -0.05) is 0 Å². The topological polar surface area (TPSA) is 111 Å². The van der Waals surface area contributed by atoms with E-state index >= 15 is 0 Å². The first kappa shape index (κ1) is 17.9. The molecule has 0 fully saturated rings. The van der Waals surface area contributed by atoms with Gasteiger partial charge in [0.25, 0.3) is 17.5 Å². The number of methoxy groups -OCH3 is 1. The number of benzene rings is 2. The van der Waals surface area contributed by atoms with Crippen LogP contribution < -0.4 is 15.4 Å². The molecule has 9 heteroatoms. The maximum atomic E-state index is 13.9. The average molecular weight is 347 g/mol. The summed E-state index contributed by atoms with van der Waals surface area (Å²) < 4.78 is 19.0. The van der Waals surface area contributed by atoms with E-state index in [4.69, 9.17) is 4.74 Å². The van der Waals surface area contributed by atoms with Crippen molar-refractivity contribution in [2.45, 2.75) is 0 Å². The van der Waals surface area contributed by atoms with Crippen molar-refractivity contribution in [3.63, 3.8) is 0 Å². The number of hydrogen-bond acceptors (Lipinski definition) is 5. The number of hydrogen-bond donors (Lipinski definition) is 2. The van der Waals surface area contributed by atoms with Crippen LogP contribution >= 0.6 is 0 Å². The van der Waals surface area contributed by atoms with Gasteiger partial charge in [-0.25, -0.2) is 4.39 Å². The molecule has 2 amide bonds. The molecular formula is C16H14FN3O5. The molecule has 0 unspecified atom stereocenters. The molecule has 0 radical (unpaired) electrons. The van der Waals surface area contributed by atoms with Crippen LogP contribution in [0.2, 0.25) is 0 Å². The minimum atomic E-state index is -1.04. The van der Waals surface area contributed by atoms with E-state index in [0.29, 0.717) is 11.8 Å². The van der Waals surface area contributed by atoms with Gasteiger partial charge >= 0.3 is 0 Å². The van der Waals surface area contributed by atoms with E-state index in [1.54, 1.807) is 0 Å². The van der Waals surface area contributed by atoms with Gasteiger partial charge in [-0.15, -0.1) is 0 Å². The molecule has 0 heterocycles.